The van der Waals surface area contributed by atoms with Gasteiger partial charge < -0.3 is 20.1 Å². The van der Waals surface area contributed by atoms with Crippen molar-refractivity contribution < 1.29 is 23.0 Å². The van der Waals surface area contributed by atoms with E-state index in [1.165, 1.54) is 12.1 Å². The van der Waals surface area contributed by atoms with Crippen LogP contribution in [0.1, 0.15) is 16.8 Å². The summed E-state index contributed by atoms with van der Waals surface area (Å²) in [7, 11) is 0. The van der Waals surface area contributed by atoms with Crippen molar-refractivity contribution in [1.82, 2.24) is 9.97 Å². The van der Waals surface area contributed by atoms with E-state index in [4.69, 9.17) is 5.11 Å². The molecule has 0 saturated carbocycles. The molecule has 6 nitrogen and oxygen atoms in total. The quantitative estimate of drug-likeness (QED) is 0.846. The van der Waals surface area contributed by atoms with Crippen LogP contribution in [0.4, 0.5) is 24.9 Å². The van der Waals surface area contributed by atoms with Crippen molar-refractivity contribution in [1.29, 1.82) is 0 Å². The number of aliphatic hydroxyl groups excluding tert-OH is 1. The van der Waals surface area contributed by atoms with Gasteiger partial charge in [-0.05, 0) is 36.6 Å². The smallest absolute Gasteiger partial charge is 0.406 e. The number of aromatic nitrogens is 2. The Labute approximate surface area is 148 Å². The molecule has 1 aromatic carbocycles. The number of rotatable bonds is 5. The van der Waals surface area contributed by atoms with Gasteiger partial charge in [0.15, 0.2) is 0 Å². The number of nitrogens with zero attached hydrogens (tertiary/aromatic N) is 3. The van der Waals surface area contributed by atoms with Crippen LogP contribution in [-0.4, -0.2) is 41.1 Å². The number of hydrogen-bond acceptors (Lipinski definition) is 6. The highest BCUT2D eigenvalue weighted by Gasteiger charge is 2.31. The summed E-state index contributed by atoms with van der Waals surface area (Å²) in [5.41, 5.74) is 2.54. The molecular weight excluding hydrogens is 349 g/mol. The summed E-state index contributed by atoms with van der Waals surface area (Å²) in [5, 5.41) is 11.8. The number of aliphatic hydroxyl groups is 1. The summed E-state index contributed by atoms with van der Waals surface area (Å²) in [6.45, 7) is 3.26. The standard InChI is InChI=1S/C17H19F3N4O2/c1-11-8-15(23-16(22-11)21-5-7-25)24-6-4-12-2-3-14(9-13(12)10-24)26-17(18,19)20/h2-3,8-9,25H,4-7,10H2,1H3,(H,21,22,23). The van der Waals surface area contributed by atoms with Crippen molar-refractivity contribution in [3.63, 3.8) is 0 Å². The molecule has 0 bridgehead atoms. The lowest BCUT2D eigenvalue weighted by atomic mass is 9.99. The Morgan fingerprint density at radius 3 is 2.77 bits per heavy atom. The predicted octanol–water partition coefficient (Wildman–Crippen LogP) is 2.65. The zero-order valence-corrected chi connectivity index (χ0v) is 14.2. The van der Waals surface area contributed by atoms with Crippen molar-refractivity contribution >= 4 is 11.8 Å². The topological polar surface area (TPSA) is 70.5 Å². The first-order valence-electron chi connectivity index (χ1n) is 8.17. The van der Waals surface area contributed by atoms with E-state index >= 15 is 0 Å². The molecular formula is C17H19F3N4O2. The molecule has 0 spiro atoms. The van der Waals surface area contributed by atoms with Gasteiger partial charge in [-0.1, -0.05) is 6.07 Å². The number of benzene rings is 1. The minimum absolute atomic E-state index is 0.0360. The van der Waals surface area contributed by atoms with Gasteiger partial charge >= 0.3 is 6.36 Å². The normalized spacial score (nSPS) is 14.1. The maximum atomic E-state index is 12.4. The minimum atomic E-state index is -4.71. The molecule has 0 fully saturated rings. The average Bonchev–Trinajstić information content (AvgIpc) is 2.57. The third-order valence-corrected chi connectivity index (χ3v) is 3.98. The second-order valence-electron chi connectivity index (χ2n) is 5.99. The number of alkyl halides is 3. The number of fused-ring (bicyclic) bond motifs is 1. The van der Waals surface area contributed by atoms with Crippen LogP contribution in [0.25, 0.3) is 0 Å². The zero-order chi connectivity index (χ0) is 18.7. The average molecular weight is 368 g/mol. The fraction of sp³-hybridized carbons (Fsp3) is 0.412. The number of hydrogen-bond donors (Lipinski definition) is 2. The molecule has 1 aliphatic heterocycles. The second kappa shape index (κ2) is 7.36. The molecule has 0 unspecified atom stereocenters. The van der Waals surface area contributed by atoms with Crippen LogP contribution in [0.2, 0.25) is 0 Å². The lowest BCUT2D eigenvalue weighted by Crippen LogP contribution is -2.31. The van der Waals surface area contributed by atoms with Crippen LogP contribution < -0.4 is 15.0 Å². The summed E-state index contributed by atoms with van der Waals surface area (Å²) in [4.78, 5) is 10.7. The zero-order valence-electron chi connectivity index (χ0n) is 14.2. The highest BCUT2D eigenvalue weighted by Crippen LogP contribution is 2.29. The monoisotopic (exact) mass is 368 g/mol. The number of nitrogens with one attached hydrogen (secondary N) is 1. The number of ether oxygens (including phenoxy) is 1. The Kier molecular flexibility index (Phi) is 5.17. The summed E-state index contributed by atoms with van der Waals surface area (Å²) in [6, 6.07) is 6.26. The van der Waals surface area contributed by atoms with Crippen molar-refractivity contribution in [2.75, 3.05) is 29.9 Å². The van der Waals surface area contributed by atoms with Crippen molar-refractivity contribution in [2.45, 2.75) is 26.3 Å². The van der Waals surface area contributed by atoms with E-state index in [1.807, 2.05) is 17.9 Å². The summed E-state index contributed by atoms with van der Waals surface area (Å²) in [5.74, 6) is 0.877. The molecule has 26 heavy (non-hydrogen) atoms. The Balaban J connectivity index is 1.81. The fourth-order valence-electron chi connectivity index (χ4n) is 2.89. The molecule has 1 aliphatic rings. The third kappa shape index (κ3) is 4.54. The first kappa shape index (κ1) is 18.2. The fourth-order valence-corrected chi connectivity index (χ4v) is 2.89. The van der Waals surface area contributed by atoms with E-state index in [9.17, 15) is 13.2 Å². The largest absolute Gasteiger partial charge is 0.573 e. The lowest BCUT2D eigenvalue weighted by molar-refractivity contribution is -0.274. The van der Waals surface area contributed by atoms with Crippen LogP contribution in [0, 0.1) is 6.92 Å². The van der Waals surface area contributed by atoms with Gasteiger partial charge in [0, 0.05) is 31.4 Å². The van der Waals surface area contributed by atoms with Crippen LogP contribution in [0.3, 0.4) is 0 Å². The van der Waals surface area contributed by atoms with Crippen LogP contribution in [-0.2, 0) is 13.0 Å². The lowest BCUT2D eigenvalue weighted by Gasteiger charge is -2.30. The molecule has 9 heteroatoms. The molecule has 2 aromatic rings. The van der Waals surface area contributed by atoms with E-state index in [2.05, 4.69) is 20.0 Å². The first-order valence-corrected chi connectivity index (χ1v) is 8.17. The number of halogens is 3. The molecule has 1 aromatic heterocycles. The highest BCUT2D eigenvalue weighted by atomic mass is 19.4. The van der Waals surface area contributed by atoms with E-state index in [1.54, 1.807) is 6.07 Å². The molecule has 2 N–H and O–H groups in total. The van der Waals surface area contributed by atoms with E-state index in [0.29, 0.717) is 37.8 Å². The van der Waals surface area contributed by atoms with Gasteiger partial charge in [-0.2, -0.15) is 4.98 Å². The predicted molar refractivity (Wildman–Crippen MR) is 90.2 cm³/mol. The third-order valence-electron chi connectivity index (χ3n) is 3.98. The molecule has 0 atom stereocenters. The van der Waals surface area contributed by atoms with E-state index < -0.39 is 6.36 Å². The maximum absolute atomic E-state index is 12.4. The first-order chi connectivity index (χ1) is 12.3. The van der Waals surface area contributed by atoms with Gasteiger partial charge in [0.05, 0.1) is 6.61 Å². The second-order valence-corrected chi connectivity index (χ2v) is 5.99. The molecule has 0 amide bonds. The van der Waals surface area contributed by atoms with Crippen LogP contribution in [0.15, 0.2) is 24.3 Å². The summed E-state index contributed by atoms with van der Waals surface area (Å²) < 4.78 is 41.3. The Bertz CT molecular complexity index is 783. The van der Waals surface area contributed by atoms with Crippen molar-refractivity contribution in [3.05, 3.63) is 41.1 Å². The summed E-state index contributed by atoms with van der Waals surface area (Å²) >= 11 is 0. The van der Waals surface area contributed by atoms with Crippen LogP contribution in [0.5, 0.6) is 5.75 Å². The molecule has 0 saturated heterocycles. The summed E-state index contributed by atoms with van der Waals surface area (Å²) in [6.07, 6.45) is -4.01. The Morgan fingerprint density at radius 2 is 2.04 bits per heavy atom. The molecule has 140 valence electrons. The molecule has 3 rings (SSSR count). The van der Waals surface area contributed by atoms with Gasteiger partial charge in [-0.25, -0.2) is 4.98 Å². The van der Waals surface area contributed by atoms with Gasteiger partial charge in [-0.15, -0.1) is 13.2 Å². The number of anilines is 2. The maximum Gasteiger partial charge on any atom is 0.573 e. The van der Waals surface area contributed by atoms with Gasteiger partial charge in [-0.3, -0.25) is 0 Å². The molecule has 0 aliphatic carbocycles. The minimum Gasteiger partial charge on any atom is -0.406 e. The van der Waals surface area contributed by atoms with Crippen molar-refractivity contribution in [3.8, 4) is 5.75 Å². The highest BCUT2D eigenvalue weighted by molar-refractivity contribution is 5.49. The Hall–Kier alpha value is -2.55. The number of aryl methyl sites for hydroxylation is 1. The van der Waals surface area contributed by atoms with Crippen LogP contribution >= 0.6 is 0 Å². The van der Waals surface area contributed by atoms with Gasteiger partial charge in [0.25, 0.3) is 0 Å². The molecule has 0 radical (unpaired) electrons. The van der Waals surface area contributed by atoms with Gasteiger partial charge in [0.1, 0.15) is 11.6 Å². The molecule has 2 heterocycles. The van der Waals surface area contributed by atoms with Gasteiger partial charge in [0.2, 0.25) is 5.95 Å². The van der Waals surface area contributed by atoms with Crippen molar-refractivity contribution in [2.24, 2.45) is 0 Å². The SMILES string of the molecule is Cc1cc(N2CCc3ccc(OC(F)(F)F)cc3C2)nc(NCCO)n1. The van der Waals surface area contributed by atoms with E-state index in [0.717, 1.165) is 16.8 Å². The Morgan fingerprint density at radius 1 is 1.23 bits per heavy atom. The van der Waals surface area contributed by atoms with E-state index in [-0.39, 0.29) is 12.4 Å².